The smallest absolute Gasteiger partial charge is 0.154 e. The topological polar surface area (TPSA) is 41.6 Å². The second-order valence-corrected chi connectivity index (χ2v) is 5.23. The Kier molecular flexibility index (Phi) is 1.89. The van der Waals surface area contributed by atoms with Gasteiger partial charge in [0.2, 0.25) is 0 Å². The second kappa shape index (κ2) is 3.42. The zero-order chi connectivity index (χ0) is 11.2. The van der Waals surface area contributed by atoms with E-state index >= 15 is 0 Å². The number of H-pyrrole nitrogens is 1. The molecule has 0 atom stereocenters. The first kappa shape index (κ1) is 9.40. The zero-order valence-corrected chi connectivity index (χ0v) is 9.69. The summed E-state index contributed by atoms with van der Waals surface area (Å²) in [5.41, 5.74) is 2.94. The summed E-state index contributed by atoms with van der Waals surface area (Å²) in [6.07, 6.45) is 4.75. The Balaban J connectivity index is 1.60. The molecule has 0 radical (unpaired) electrons. The fraction of sp³-hybridized carbons (Fsp3) is 0.429. The van der Waals surface area contributed by atoms with Gasteiger partial charge in [-0.15, -0.1) is 0 Å². The van der Waals surface area contributed by atoms with Gasteiger partial charge in [0.1, 0.15) is 5.82 Å². The van der Waals surface area contributed by atoms with Crippen molar-refractivity contribution in [2.24, 2.45) is 0 Å². The highest BCUT2D eigenvalue weighted by Gasteiger charge is 2.30. The first-order valence-corrected chi connectivity index (χ1v) is 6.39. The van der Waals surface area contributed by atoms with Crippen molar-refractivity contribution in [2.75, 3.05) is 0 Å². The molecule has 86 valence electrons. The van der Waals surface area contributed by atoms with Crippen LogP contribution in [0.4, 0.5) is 0 Å². The highest BCUT2D eigenvalue weighted by molar-refractivity contribution is 5.35. The van der Waals surface area contributed by atoms with Crippen LogP contribution in [0.5, 0.6) is 0 Å². The van der Waals surface area contributed by atoms with Crippen LogP contribution >= 0.6 is 0 Å². The largest absolute Gasteiger partial charge is 0.263 e. The summed E-state index contributed by atoms with van der Waals surface area (Å²) >= 11 is 0. The predicted molar refractivity (Wildman–Crippen MR) is 64.9 cm³/mol. The summed E-state index contributed by atoms with van der Waals surface area (Å²) in [5, 5.41) is 7.52. The van der Waals surface area contributed by atoms with Crippen LogP contribution in [0.25, 0.3) is 0 Å². The van der Waals surface area contributed by atoms with Crippen LogP contribution in [0.3, 0.4) is 0 Å². The van der Waals surface area contributed by atoms with E-state index in [9.17, 15) is 0 Å². The van der Waals surface area contributed by atoms with Gasteiger partial charge in [-0.1, -0.05) is 24.3 Å². The Bertz CT molecular complexity index is 529. The minimum atomic E-state index is 0.483. The Morgan fingerprint density at radius 2 is 1.71 bits per heavy atom. The van der Waals surface area contributed by atoms with Crippen LogP contribution in [0.1, 0.15) is 47.5 Å². The lowest BCUT2D eigenvalue weighted by atomic mass is 10.1. The van der Waals surface area contributed by atoms with E-state index in [1.165, 1.54) is 24.0 Å². The summed E-state index contributed by atoms with van der Waals surface area (Å²) in [7, 11) is 0. The maximum atomic E-state index is 4.67. The molecule has 0 aliphatic heterocycles. The molecule has 1 aromatic heterocycles. The molecule has 4 rings (SSSR count). The van der Waals surface area contributed by atoms with Crippen molar-refractivity contribution in [3.05, 3.63) is 47.0 Å². The van der Waals surface area contributed by atoms with Crippen LogP contribution in [0, 0.1) is 0 Å². The van der Waals surface area contributed by atoms with Crippen molar-refractivity contribution in [1.82, 2.24) is 15.2 Å². The van der Waals surface area contributed by atoms with Crippen LogP contribution < -0.4 is 0 Å². The lowest BCUT2D eigenvalue weighted by molar-refractivity contribution is 0.686. The van der Waals surface area contributed by atoms with Gasteiger partial charge >= 0.3 is 0 Å². The van der Waals surface area contributed by atoms with E-state index in [2.05, 4.69) is 39.4 Å². The van der Waals surface area contributed by atoms with Gasteiger partial charge in [-0.25, -0.2) is 4.98 Å². The normalized spacial score (nSPS) is 19.5. The molecular weight excluding hydrogens is 210 g/mol. The molecule has 3 heteroatoms. The van der Waals surface area contributed by atoms with E-state index in [1.807, 2.05) is 0 Å². The fourth-order valence-corrected chi connectivity index (χ4v) is 2.75. The summed E-state index contributed by atoms with van der Waals surface area (Å²) in [6, 6.07) is 8.69. The number of nitrogens with one attached hydrogen (secondary N) is 1. The maximum Gasteiger partial charge on any atom is 0.154 e. The van der Waals surface area contributed by atoms with Crippen LogP contribution in [0.2, 0.25) is 0 Å². The molecule has 0 spiro atoms. The van der Waals surface area contributed by atoms with Gasteiger partial charge in [0.05, 0.1) is 0 Å². The van der Waals surface area contributed by atoms with Gasteiger partial charge < -0.3 is 0 Å². The average molecular weight is 225 g/mol. The van der Waals surface area contributed by atoms with E-state index in [-0.39, 0.29) is 0 Å². The molecule has 2 aliphatic carbocycles. The van der Waals surface area contributed by atoms with E-state index in [0.29, 0.717) is 11.8 Å². The average Bonchev–Trinajstić information content (AvgIpc) is 2.94. The van der Waals surface area contributed by atoms with Gasteiger partial charge in [-0.2, -0.15) is 5.10 Å². The molecule has 0 saturated heterocycles. The van der Waals surface area contributed by atoms with Crippen molar-refractivity contribution in [3.63, 3.8) is 0 Å². The van der Waals surface area contributed by atoms with Crippen LogP contribution in [-0.4, -0.2) is 15.2 Å². The Hall–Kier alpha value is -1.64. The number of nitrogens with zero attached hydrogens (tertiary/aromatic N) is 2. The molecule has 1 aromatic carbocycles. The third kappa shape index (κ3) is 1.57. The van der Waals surface area contributed by atoms with Gasteiger partial charge in [-0.3, -0.25) is 5.10 Å². The monoisotopic (exact) mass is 225 g/mol. The number of fused-ring (bicyclic) bond motifs is 1. The molecule has 3 nitrogen and oxygen atoms in total. The summed E-state index contributed by atoms with van der Waals surface area (Å²) in [6.45, 7) is 0. The Labute approximate surface area is 100 Å². The SMILES string of the molecule is c1ccc2c(c1)CC(c1n[nH]c(C3CC3)n1)C2. The molecular formula is C14H15N3. The van der Waals surface area contributed by atoms with E-state index < -0.39 is 0 Å². The first-order valence-electron chi connectivity index (χ1n) is 6.39. The van der Waals surface area contributed by atoms with Crippen LogP contribution in [-0.2, 0) is 12.8 Å². The molecule has 0 amide bonds. The van der Waals surface area contributed by atoms with Gasteiger partial charge in [0.15, 0.2) is 5.82 Å². The predicted octanol–water partition coefficient (Wildman–Crippen LogP) is 2.56. The van der Waals surface area contributed by atoms with Crippen molar-refractivity contribution in [1.29, 1.82) is 0 Å². The quantitative estimate of drug-likeness (QED) is 0.853. The highest BCUT2D eigenvalue weighted by Crippen LogP contribution is 2.39. The minimum absolute atomic E-state index is 0.483. The van der Waals surface area contributed by atoms with Crippen molar-refractivity contribution >= 4 is 0 Å². The number of hydrogen-bond donors (Lipinski definition) is 1. The van der Waals surface area contributed by atoms with E-state index in [4.69, 9.17) is 0 Å². The zero-order valence-electron chi connectivity index (χ0n) is 9.69. The molecule has 17 heavy (non-hydrogen) atoms. The van der Waals surface area contributed by atoms with Gasteiger partial charge in [0.25, 0.3) is 0 Å². The maximum absolute atomic E-state index is 4.67. The fourth-order valence-electron chi connectivity index (χ4n) is 2.75. The van der Waals surface area contributed by atoms with Crippen molar-refractivity contribution in [2.45, 2.75) is 37.5 Å². The van der Waals surface area contributed by atoms with E-state index in [1.54, 1.807) is 0 Å². The lowest BCUT2D eigenvalue weighted by Gasteiger charge is -2.01. The number of benzene rings is 1. The molecule has 1 N–H and O–H groups in total. The number of hydrogen-bond acceptors (Lipinski definition) is 2. The standard InChI is InChI=1S/C14H15N3/c1-2-4-11-8-12(7-10(11)3-1)14-15-13(16-17-14)9-5-6-9/h1-4,9,12H,5-8H2,(H,15,16,17). The molecule has 1 fully saturated rings. The van der Waals surface area contributed by atoms with Gasteiger partial charge in [0, 0.05) is 11.8 Å². The summed E-state index contributed by atoms with van der Waals surface area (Å²) in [5.74, 6) is 3.27. The Morgan fingerprint density at radius 1 is 1.00 bits per heavy atom. The molecule has 2 aliphatic rings. The van der Waals surface area contributed by atoms with E-state index in [0.717, 1.165) is 24.5 Å². The number of rotatable bonds is 2. The van der Waals surface area contributed by atoms with Gasteiger partial charge in [-0.05, 0) is 36.8 Å². The molecule has 1 heterocycles. The third-order valence-corrected chi connectivity index (χ3v) is 3.90. The molecule has 2 aromatic rings. The highest BCUT2D eigenvalue weighted by atomic mass is 15.2. The molecule has 0 bridgehead atoms. The number of aromatic nitrogens is 3. The Morgan fingerprint density at radius 3 is 2.35 bits per heavy atom. The molecule has 1 saturated carbocycles. The van der Waals surface area contributed by atoms with Crippen molar-refractivity contribution in [3.8, 4) is 0 Å². The van der Waals surface area contributed by atoms with Crippen molar-refractivity contribution < 1.29 is 0 Å². The first-order chi connectivity index (χ1) is 8.40. The lowest BCUT2D eigenvalue weighted by Crippen LogP contribution is -2.00. The third-order valence-electron chi connectivity index (χ3n) is 3.90. The van der Waals surface area contributed by atoms with Crippen LogP contribution in [0.15, 0.2) is 24.3 Å². The summed E-state index contributed by atoms with van der Waals surface area (Å²) in [4.78, 5) is 4.67. The number of aromatic amines is 1. The molecule has 0 unspecified atom stereocenters. The minimum Gasteiger partial charge on any atom is -0.263 e. The second-order valence-electron chi connectivity index (χ2n) is 5.23. The summed E-state index contributed by atoms with van der Waals surface area (Å²) < 4.78 is 0.